The Morgan fingerprint density at radius 2 is 1.91 bits per heavy atom. The quantitative estimate of drug-likeness (QED) is 0.386. The fourth-order valence-corrected chi connectivity index (χ4v) is 4.42. The second-order valence-corrected chi connectivity index (χ2v) is 8.44. The topological polar surface area (TPSA) is 86.0 Å². The summed E-state index contributed by atoms with van der Waals surface area (Å²) < 4.78 is 42.8. The molecule has 33 heavy (non-hydrogen) atoms. The maximum atomic E-state index is 13.3. The number of thioether (sulfide) groups is 1. The van der Waals surface area contributed by atoms with Gasteiger partial charge in [0, 0.05) is 30.7 Å². The normalized spacial score (nSPS) is 16.6. The molecule has 4 rings (SSSR count). The predicted octanol–water partition coefficient (Wildman–Crippen LogP) is 4.26. The molecule has 1 atom stereocenters. The van der Waals surface area contributed by atoms with Gasteiger partial charge in [0.1, 0.15) is 5.75 Å². The van der Waals surface area contributed by atoms with E-state index in [0.717, 1.165) is 19.3 Å². The van der Waals surface area contributed by atoms with Crippen molar-refractivity contribution in [2.75, 3.05) is 6.54 Å². The Hall–Kier alpha value is -3.15. The largest absolute Gasteiger partial charge is 0.573 e. The molecule has 12 heteroatoms. The second-order valence-electron chi connectivity index (χ2n) is 7.50. The fourth-order valence-electron chi connectivity index (χ4n) is 3.62. The predicted molar refractivity (Wildman–Crippen MR) is 114 cm³/mol. The highest BCUT2D eigenvalue weighted by Crippen LogP contribution is 2.28. The lowest BCUT2D eigenvalue weighted by molar-refractivity contribution is -0.274. The lowest BCUT2D eigenvalue weighted by Gasteiger charge is -2.33. The zero-order valence-electron chi connectivity index (χ0n) is 17.7. The van der Waals surface area contributed by atoms with E-state index in [1.54, 1.807) is 23.4 Å². The zero-order chi connectivity index (χ0) is 23.4. The van der Waals surface area contributed by atoms with Crippen LogP contribution in [0.5, 0.6) is 5.75 Å². The van der Waals surface area contributed by atoms with Gasteiger partial charge < -0.3 is 9.64 Å². The number of hydrogen-bond acceptors (Lipinski definition) is 7. The zero-order valence-corrected chi connectivity index (χ0v) is 18.5. The number of aromatic nitrogens is 5. The van der Waals surface area contributed by atoms with Gasteiger partial charge in [0.05, 0.1) is 11.4 Å². The van der Waals surface area contributed by atoms with Crippen LogP contribution in [0.1, 0.15) is 42.4 Å². The molecule has 0 bridgehead atoms. The highest BCUT2D eigenvalue weighted by molar-refractivity contribution is 7.98. The summed E-state index contributed by atoms with van der Waals surface area (Å²) in [5, 5.41) is 8.82. The van der Waals surface area contributed by atoms with Gasteiger partial charge >= 0.3 is 6.36 Å². The Balaban J connectivity index is 1.65. The highest BCUT2D eigenvalue weighted by atomic mass is 32.2. The van der Waals surface area contributed by atoms with Crippen LogP contribution in [0.4, 0.5) is 13.2 Å². The molecule has 0 saturated carbocycles. The van der Waals surface area contributed by atoms with Crippen LogP contribution < -0.4 is 4.74 Å². The van der Waals surface area contributed by atoms with E-state index in [4.69, 9.17) is 0 Å². The third kappa shape index (κ3) is 5.62. The highest BCUT2D eigenvalue weighted by Gasteiger charge is 2.32. The molecule has 8 nitrogen and oxygen atoms in total. The van der Waals surface area contributed by atoms with Gasteiger partial charge in [-0.15, -0.1) is 18.3 Å². The number of halogens is 3. The molecule has 2 aromatic heterocycles. The maximum absolute atomic E-state index is 13.3. The van der Waals surface area contributed by atoms with E-state index < -0.39 is 6.36 Å². The van der Waals surface area contributed by atoms with Crippen LogP contribution in [-0.2, 0) is 5.75 Å². The van der Waals surface area contributed by atoms with E-state index >= 15 is 0 Å². The van der Waals surface area contributed by atoms with Crippen LogP contribution in [0.3, 0.4) is 0 Å². The molecule has 1 aliphatic heterocycles. The molecule has 0 N–H and O–H groups in total. The van der Waals surface area contributed by atoms with Crippen LogP contribution >= 0.6 is 11.8 Å². The van der Waals surface area contributed by atoms with E-state index in [-0.39, 0.29) is 23.4 Å². The van der Waals surface area contributed by atoms with Crippen LogP contribution in [0.15, 0.2) is 47.9 Å². The molecule has 1 fully saturated rings. The van der Waals surface area contributed by atoms with Gasteiger partial charge in [0.25, 0.3) is 5.91 Å². The van der Waals surface area contributed by atoms with Crippen LogP contribution in [0.25, 0.3) is 5.69 Å². The van der Waals surface area contributed by atoms with E-state index in [0.29, 0.717) is 28.8 Å². The number of carbonyl (C=O) groups excluding carboxylic acids is 1. The Labute approximate surface area is 192 Å². The molecule has 0 radical (unpaired) electrons. The van der Waals surface area contributed by atoms with Gasteiger partial charge in [-0.25, -0.2) is 14.6 Å². The molecule has 1 saturated heterocycles. The van der Waals surface area contributed by atoms with E-state index in [1.165, 1.54) is 40.7 Å². The lowest BCUT2D eigenvalue weighted by Crippen LogP contribution is -2.42. The fraction of sp³-hybridized carbons (Fsp3) is 0.381. The summed E-state index contributed by atoms with van der Waals surface area (Å²) in [4.78, 5) is 23.5. The number of benzene rings is 1. The van der Waals surface area contributed by atoms with Gasteiger partial charge in [0.2, 0.25) is 0 Å². The van der Waals surface area contributed by atoms with Crippen molar-refractivity contribution in [1.82, 2.24) is 29.9 Å². The van der Waals surface area contributed by atoms with Crippen LogP contribution in [0, 0.1) is 0 Å². The SMILES string of the molecule is CC1CCCCN1C(=O)c1nnn(-c2ccc(OC(F)(F)F)cc2)c1CSc1ncccn1. The summed E-state index contributed by atoms with van der Waals surface area (Å²) in [5.41, 5.74) is 1.18. The molecular weight excluding hydrogens is 457 g/mol. The standard InChI is InChI=1S/C21H21F3N6O2S/c1-14-5-2-3-12-29(14)19(31)18-17(13-33-20-25-10-4-11-26-20)30(28-27-18)15-6-8-16(9-7-15)32-21(22,23)24/h4,6-11,14H,2-3,5,12-13H2,1H3. The summed E-state index contributed by atoms with van der Waals surface area (Å²) in [7, 11) is 0. The Morgan fingerprint density at radius 1 is 1.18 bits per heavy atom. The van der Waals surface area contributed by atoms with Gasteiger partial charge in [-0.05, 0) is 56.5 Å². The van der Waals surface area contributed by atoms with Crippen molar-refractivity contribution in [2.24, 2.45) is 0 Å². The number of hydrogen-bond donors (Lipinski definition) is 0. The summed E-state index contributed by atoms with van der Waals surface area (Å²) in [5.74, 6) is -0.269. The number of likely N-dealkylation sites (tertiary alicyclic amines) is 1. The molecule has 1 unspecified atom stereocenters. The summed E-state index contributed by atoms with van der Waals surface area (Å²) in [6.07, 6.45) is 1.36. The third-order valence-electron chi connectivity index (χ3n) is 5.22. The van der Waals surface area contributed by atoms with Crippen LogP contribution in [-0.4, -0.2) is 54.7 Å². The van der Waals surface area contributed by atoms with Gasteiger partial charge in [-0.1, -0.05) is 17.0 Å². The summed E-state index contributed by atoms with van der Waals surface area (Å²) in [6.45, 7) is 2.65. The minimum absolute atomic E-state index is 0.0909. The van der Waals surface area contributed by atoms with Gasteiger partial charge in [-0.2, -0.15) is 0 Å². The maximum Gasteiger partial charge on any atom is 0.573 e. The Kier molecular flexibility index (Phi) is 6.82. The first-order chi connectivity index (χ1) is 15.8. The first-order valence-electron chi connectivity index (χ1n) is 10.3. The number of nitrogens with zero attached hydrogens (tertiary/aromatic N) is 6. The number of ether oxygens (including phenoxy) is 1. The average Bonchev–Trinajstić information content (AvgIpc) is 3.21. The summed E-state index contributed by atoms with van der Waals surface area (Å²) >= 11 is 1.31. The molecule has 0 spiro atoms. The van der Waals surface area contributed by atoms with Crippen molar-refractivity contribution in [3.8, 4) is 11.4 Å². The smallest absolute Gasteiger partial charge is 0.406 e. The molecule has 1 amide bonds. The average molecular weight is 479 g/mol. The van der Waals surface area contributed by atoms with Crippen molar-refractivity contribution in [1.29, 1.82) is 0 Å². The molecular formula is C21H21F3N6O2S. The first-order valence-corrected chi connectivity index (χ1v) is 11.3. The molecule has 3 aromatic rings. The van der Waals surface area contributed by atoms with E-state index in [1.807, 2.05) is 6.92 Å². The first kappa shape index (κ1) is 23.0. The second kappa shape index (κ2) is 9.77. The van der Waals surface area contributed by atoms with Crippen molar-refractivity contribution in [3.05, 3.63) is 54.1 Å². The molecule has 1 aliphatic rings. The third-order valence-corrected chi connectivity index (χ3v) is 6.11. The molecule has 1 aromatic carbocycles. The van der Waals surface area contributed by atoms with Gasteiger partial charge in [0.15, 0.2) is 10.9 Å². The van der Waals surface area contributed by atoms with Gasteiger partial charge in [-0.3, -0.25) is 4.79 Å². The monoisotopic (exact) mass is 478 g/mol. The van der Waals surface area contributed by atoms with Crippen molar-refractivity contribution < 1.29 is 22.7 Å². The van der Waals surface area contributed by atoms with Crippen molar-refractivity contribution >= 4 is 17.7 Å². The minimum Gasteiger partial charge on any atom is -0.406 e. The molecule has 0 aliphatic carbocycles. The number of carbonyl (C=O) groups is 1. The number of piperidine rings is 1. The summed E-state index contributed by atoms with van der Waals surface area (Å²) in [6, 6.07) is 7.04. The molecule has 174 valence electrons. The number of alkyl halides is 3. The van der Waals surface area contributed by atoms with E-state index in [2.05, 4.69) is 25.0 Å². The Morgan fingerprint density at radius 3 is 2.58 bits per heavy atom. The van der Waals surface area contributed by atoms with E-state index in [9.17, 15) is 18.0 Å². The van der Waals surface area contributed by atoms with Crippen molar-refractivity contribution in [3.63, 3.8) is 0 Å². The Bertz CT molecular complexity index is 1090. The van der Waals surface area contributed by atoms with Crippen molar-refractivity contribution in [2.45, 2.75) is 49.5 Å². The minimum atomic E-state index is -4.78. The van der Waals surface area contributed by atoms with Crippen LogP contribution in [0.2, 0.25) is 0 Å². The number of amides is 1. The number of rotatable bonds is 6. The lowest BCUT2D eigenvalue weighted by atomic mass is 10.0. The molecule has 3 heterocycles.